The number of hydrogen-bond donors (Lipinski definition) is 1. The zero-order valence-electron chi connectivity index (χ0n) is 11.8. The summed E-state index contributed by atoms with van der Waals surface area (Å²) in [6.45, 7) is 9.77. The summed E-state index contributed by atoms with van der Waals surface area (Å²) in [6, 6.07) is 7.64. The molecule has 0 aromatic heterocycles. The van der Waals surface area contributed by atoms with Crippen LogP contribution in [0.5, 0.6) is 0 Å². The van der Waals surface area contributed by atoms with E-state index in [-0.39, 0.29) is 5.91 Å². The lowest BCUT2D eigenvalue weighted by molar-refractivity contribution is -0.123. The molecule has 18 heavy (non-hydrogen) atoms. The van der Waals surface area contributed by atoms with E-state index in [2.05, 4.69) is 17.2 Å². The van der Waals surface area contributed by atoms with Gasteiger partial charge in [0, 0.05) is 16.9 Å². The highest BCUT2D eigenvalue weighted by Gasteiger charge is 2.21. The van der Waals surface area contributed by atoms with Gasteiger partial charge in [-0.15, -0.1) is 0 Å². The summed E-state index contributed by atoms with van der Waals surface area (Å²) in [6.07, 6.45) is 0. The molecular weight excluding hydrogens is 222 g/mol. The first-order valence-corrected chi connectivity index (χ1v) is 6.22. The van der Waals surface area contributed by atoms with Crippen molar-refractivity contribution in [2.24, 2.45) is 11.3 Å². The van der Waals surface area contributed by atoms with Crippen molar-refractivity contribution >= 4 is 11.6 Å². The van der Waals surface area contributed by atoms with E-state index in [1.165, 1.54) is 0 Å². The molecule has 0 fully saturated rings. The molecule has 1 aromatic carbocycles. The molecule has 1 amide bonds. The van der Waals surface area contributed by atoms with Crippen LogP contribution in [0.1, 0.15) is 40.2 Å². The third-order valence-corrected chi connectivity index (χ3v) is 2.35. The summed E-state index contributed by atoms with van der Waals surface area (Å²) in [5.74, 6) is 6.53. The van der Waals surface area contributed by atoms with E-state index in [0.29, 0.717) is 5.92 Å². The van der Waals surface area contributed by atoms with E-state index in [9.17, 15) is 4.79 Å². The molecule has 0 radical (unpaired) electrons. The lowest BCUT2D eigenvalue weighted by atomic mass is 9.95. The molecule has 0 spiro atoms. The maximum absolute atomic E-state index is 12.0. The Morgan fingerprint density at radius 1 is 1.22 bits per heavy atom. The van der Waals surface area contributed by atoms with Crippen molar-refractivity contribution in [3.05, 3.63) is 29.8 Å². The molecule has 0 atom stereocenters. The molecule has 0 aliphatic heterocycles. The number of carbonyl (C=O) groups excluding carboxylic acids is 1. The number of benzene rings is 1. The molecule has 1 rings (SSSR count). The van der Waals surface area contributed by atoms with Crippen LogP contribution in [-0.2, 0) is 4.79 Å². The highest BCUT2D eigenvalue weighted by molar-refractivity contribution is 5.95. The number of anilines is 1. The second kappa shape index (κ2) is 5.73. The summed E-state index contributed by atoms with van der Waals surface area (Å²) in [5.41, 5.74) is 1.24. The molecular formula is C16H21NO. The SMILES string of the molecule is CC(C)C#Cc1ccccc1NC(=O)C(C)(C)C. The van der Waals surface area contributed by atoms with Crippen molar-refractivity contribution in [3.63, 3.8) is 0 Å². The predicted molar refractivity (Wildman–Crippen MR) is 76.2 cm³/mol. The van der Waals surface area contributed by atoms with Crippen molar-refractivity contribution in [1.82, 2.24) is 0 Å². The lowest BCUT2D eigenvalue weighted by Crippen LogP contribution is -2.27. The normalized spacial score (nSPS) is 10.8. The van der Waals surface area contributed by atoms with Gasteiger partial charge in [0.2, 0.25) is 5.91 Å². The Balaban J connectivity index is 2.98. The van der Waals surface area contributed by atoms with Gasteiger partial charge in [0.05, 0.1) is 5.69 Å². The maximum Gasteiger partial charge on any atom is 0.229 e. The molecule has 0 saturated carbocycles. The van der Waals surface area contributed by atoms with E-state index in [0.717, 1.165) is 11.3 Å². The minimum Gasteiger partial charge on any atom is -0.325 e. The maximum atomic E-state index is 12.0. The smallest absolute Gasteiger partial charge is 0.229 e. The monoisotopic (exact) mass is 243 g/mol. The molecule has 0 unspecified atom stereocenters. The van der Waals surface area contributed by atoms with Gasteiger partial charge >= 0.3 is 0 Å². The van der Waals surface area contributed by atoms with E-state index in [4.69, 9.17) is 0 Å². The first-order valence-electron chi connectivity index (χ1n) is 6.22. The highest BCUT2D eigenvalue weighted by Crippen LogP contribution is 2.19. The van der Waals surface area contributed by atoms with Gasteiger partial charge in [0.1, 0.15) is 0 Å². The first kappa shape index (κ1) is 14.3. The van der Waals surface area contributed by atoms with Gasteiger partial charge in [-0.3, -0.25) is 4.79 Å². The second-order valence-electron chi connectivity index (χ2n) is 5.67. The summed E-state index contributed by atoms with van der Waals surface area (Å²) in [5, 5.41) is 2.93. The van der Waals surface area contributed by atoms with Gasteiger partial charge in [-0.05, 0) is 12.1 Å². The summed E-state index contributed by atoms with van der Waals surface area (Å²) < 4.78 is 0. The minimum absolute atomic E-state index is 0.00120. The number of amides is 1. The predicted octanol–water partition coefficient (Wildman–Crippen LogP) is 3.68. The molecule has 0 aliphatic carbocycles. The third-order valence-electron chi connectivity index (χ3n) is 2.35. The summed E-state index contributed by atoms with van der Waals surface area (Å²) in [7, 11) is 0. The number of hydrogen-bond acceptors (Lipinski definition) is 1. The van der Waals surface area contributed by atoms with E-state index >= 15 is 0 Å². The van der Waals surface area contributed by atoms with Gasteiger partial charge in [-0.1, -0.05) is 58.6 Å². The van der Waals surface area contributed by atoms with Crippen molar-refractivity contribution in [2.45, 2.75) is 34.6 Å². The van der Waals surface area contributed by atoms with Gasteiger partial charge in [-0.2, -0.15) is 0 Å². The number of nitrogens with one attached hydrogen (secondary N) is 1. The Morgan fingerprint density at radius 3 is 2.39 bits per heavy atom. The zero-order chi connectivity index (χ0) is 13.8. The molecule has 0 heterocycles. The molecule has 0 saturated heterocycles. The first-order chi connectivity index (χ1) is 8.30. The Morgan fingerprint density at radius 2 is 1.83 bits per heavy atom. The summed E-state index contributed by atoms with van der Waals surface area (Å²) >= 11 is 0. The second-order valence-corrected chi connectivity index (χ2v) is 5.67. The van der Waals surface area contributed by atoms with E-state index < -0.39 is 5.41 Å². The quantitative estimate of drug-likeness (QED) is 0.749. The van der Waals surface area contributed by atoms with Crippen molar-refractivity contribution in [2.75, 3.05) is 5.32 Å². The highest BCUT2D eigenvalue weighted by atomic mass is 16.2. The molecule has 0 bridgehead atoms. The van der Waals surface area contributed by atoms with Crippen LogP contribution in [0.4, 0.5) is 5.69 Å². The third kappa shape index (κ3) is 4.25. The van der Waals surface area contributed by atoms with Crippen LogP contribution in [0, 0.1) is 23.2 Å². The number of rotatable bonds is 1. The Hall–Kier alpha value is -1.75. The fourth-order valence-corrected chi connectivity index (χ4v) is 1.23. The Bertz CT molecular complexity index is 484. The molecule has 0 aliphatic rings. The van der Waals surface area contributed by atoms with Crippen molar-refractivity contribution < 1.29 is 4.79 Å². The van der Waals surface area contributed by atoms with Gasteiger partial charge in [-0.25, -0.2) is 0 Å². The van der Waals surface area contributed by atoms with Crippen LogP contribution >= 0.6 is 0 Å². The molecule has 96 valence electrons. The molecule has 2 nitrogen and oxygen atoms in total. The zero-order valence-corrected chi connectivity index (χ0v) is 11.8. The number of carbonyl (C=O) groups is 1. The lowest BCUT2D eigenvalue weighted by Gasteiger charge is -2.18. The average Bonchev–Trinajstić information content (AvgIpc) is 2.26. The van der Waals surface area contributed by atoms with Crippen molar-refractivity contribution in [3.8, 4) is 11.8 Å². The van der Waals surface area contributed by atoms with Crippen LogP contribution in [0.3, 0.4) is 0 Å². The Kier molecular flexibility index (Phi) is 4.55. The van der Waals surface area contributed by atoms with Gasteiger partial charge in [0.25, 0.3) is 0 Å². The van der Waals surface area contributed by atoms with Crippen LogP contribution in [0.15, 0.2) is 24.3 Å². The van der Waals surface area contributed by atoms with E-state index in [1.807, 2.05) is 58.9 Å². The molecule has 1 N–H and O–H groups in total. The van der Waals surface area contributed by atoms with Gasteiger partial charge in [0.15, 0.2) is 0 Å². The topological polar surface area (TPSA) is 29.1 Å². The number of para-hydroxylation sites is 1. The minimum atomic E-state index is -0.404. The largest absolute Gasteiger partial charge is 0.325 e. The standard InChI is InChI=1S/C16H21NO/c1-12(2)10-11-13-8-6-7-9-14(13)17-15(18)16(3,4)5/h6-9,12H,1-5H3,(H,17,18). The van der Waals surface area contributed by atoms with Crippen LogP contribution < -0.4 is 5.32 Å². The molecule has 2 heteroatoms. The fourth-order valence-electron chi connectivity index (χ4n) is 1.23. The van der Waals surface area contributed by atoms with Gasteiger partial charge < -0.3 is 5.32 Å². The van der Waals surface area contributed by atoms with Crippen LogP contribution in [0.2, 0.25) is 0 Å². The Labute approximate surface area is 110 Å². The fraction of sp³-hybridized carbons (Fsp3) is 0.438. The van der Waals surface area contributed by atoms with E-state index in [1.54, 1.807) is 0 Å². The summed E-state index contributed by atoms with van der Waals surface area (Å²) in [4.78, 5) is 12.0. The average molecular weight is 243 g/mol. The van der Waals surface area contributed by atoms with Crippen LogP contribution in [-0.4, -0.2) is 5.91 Å². The van der Waals surface area contributed by atoms with Crippen molar-refractivity contribution in [1.29, 1.82) is 0 Å². The van der Waals surface area contributed by atoms with Crippen LogP contribution in [0.25, 0.3) is 0 Å². The molecule has 1 aromatic rings.